The van der Waals surface area contributed by atoms with Crippen molar-refractivity contribution in [1.29, 1.82) is 0 Å². The summed E-state index contributed by atoms with van der Waals surface area (Å²) in [5.74, 6) is -6.64. The van der Waals surface area contributed by atoms with Gasteiger partial charge in [0.05, 0.1) is 12.4 Å². The predicted octanol–water partition coefficient (Wildman–Crippen LogP) is 1.14. The number of fused-ring (bicyclic) bond motifs is 1. The molecule has 8 amide bonds. The van der Waals surface area contributed by atoms with Gasteiger partial charge < -0.3 is 52.6 Å². The van der Waals surface area contributed by atoms with Crippen LogP contribution in [-0.4, -0.2) is 122 Å². The Hall–Kier alpha value is -6.89. The van der Waals surface area contributed by atoms with Crippen LogP contribution in [0.5, 0.6) is 0 Å². The molecule has 5 rings (SSSR count). The van der Waals surface area contributed by atoms with Crippen molar-refractivity contribution in [2.45, 2.75) is 140 Å². The Bertz CT molecular complexity index is 2180. The third-order valence-corrected chi connectivity index (χ3v) is 12.5. The number of carbonyl (C=O) groups excluding carboxylic acids is 8. The number of H-pyrrole nitrogens is 1. The van der Waals surface area contributed by atoms with E-state index in [4.69, 9.17) is 5.73 Å². The smallest absolute Gasteiger partial charge is 0.246 e. The van der Waals surface area contributed by atoms with E-state index in [2.05, 4.69) is 41.9 Å². The predicted molar refractivity (Wildman–Crippen MR) is 252 cm³/mol. The van der Waals surface area contributed by atoms with Gasteiger partial charge in [-0.15, -0.1) is 0 Å². The number of aromatic amines is 1. The first-order valence-corrected chi connectivity index (χ1v) is 23.4. The fourth-order valence-corrected chi connectivity index (χ4v) is 8.44. The number of nitrogens with zero attached hydrogens (tertiary/aromatic N) is 2. The molecule has 0 radical (unpaired) electrons. The highest BCUT2D eigenvalue weighted by atomic mass is 16.3. The molecule has 68 heavy (non-hydrogen) atoms. The number of rotatable bonds is 9. The van der Waals surface area contributed by atoms with Gasteiger partial charge in [-0.1, -0.05) is 93.1 Å². The average molecular weight is 939 g/mol. The fraction of sp³-hybridized carbons (Fsp3) is 0.490. The van der Waals surface area contributed by atoms with Crippen LogP contribution in [0.25, 0.3) is 0 Å². The zero-order chi connectivity index (χ0) is 49.3. The first-order valence-electron chi connectivity index (χ1n) is 23.4. The van der Waals surface area contributed by atoms with E-state index in [1.807, 2.05) is 43.3 Å². The van der Waals surface area contributed by atoms with Crippen LogP contribution in [-0.2, 0) is 44.8 Å². The molecule has 10 N–H and O–H groups in total. The van der Waals surface area contributed by atoms with E-state index >= 15 is 4.79 Å². The Morgan fingerprint density at radius 2 is 1.38 bits per heavy atom. The highest BCUT2D eigenvalue weighted by Gasteiger charge is 2.43. The van der Waals surface area contributed by atoms with Crippen molar-refractivity contribution in [1.82, 2.24) is 46.8 Å². The maximum absolute atomic E-state index is 15.3. The van der Waals surface area contributed by atoms with Gasteiger partial charge in [0.1, 0.15) is 42.3 Å². The van der Waals surface area contributed by atoms with Gasteiger partial charge in [0.25, 0.3) is 0 Å². The van der Waals surface area contributed by atoms with Gasteiger partial charge in [0, 0.05) is 37.2 Å². The molecular weight excluding hydrogens is 873 g/mol. The van der Waals surface area contributed by atoms with E-state index in [9.17, 15) is 38.7 Å². The summed E-state index contributed by atoms with van der Waals surface area (Å²) in [7, 11) is 0. The first kappa shape index (κ1) is 52.1. The van der Waals surface area contributed by atoms with Crippen molar-refractivity contribution in [2.75, 3.05) is 6.54 Å². The summed E-state index contributed by atoms with van der Waals surface area (Å²) in [5.41, 5.74) is 7.46. The zero-order valence-corrected chi connectivity index (χ0v) is 39.1. The summed E-state index contributed by atoms with van der Waals surface area (Å²) in [4.78, 5) is 120. The topological polar surface area (TPSA) is 287 Å². The van der Waals surface area contributed by atoms with Crippen molar-refractivity contribution >= 4 is 47.3 Å². The van der Waals surface area contributed by atoms with Gasteiger partial charge in [0.15, 0.2) is 0 Å². The van der Waals surface area contributed by atoms with Crippen LogP contribution in [0.2, 0.25) is 0 Å². The number of primary amides is 1. The summed E-state index contributed by atoms with van der Waals surface area (Å²) in [6.45, 7) is 6.55. The molecule has 1 aromatic heterocycles. The molecule has 0 saturated carbocycles. The second-order valence-electron chi connectivity index (χ2n) is 17.6. The normalized spacial score (nSPS) is 26.1. The van der Waals surface area contributed by atoms with Crippen LogP contribution in [0, 0.1) is 5.92 Å². The molecule has 0 bridgehead atoms. The van der Waals surface area contributed by atoms with E-state index in [0.29, 0.717) is 48.9 Å². The van der Waals surface area contributed by atoms with Crippen LogP contribution < -0.4 is 37.6 Å². The standard InChI is InChI=1S/C49H66N10O9/c1-5-29(2)40-47(66)54-35(43(50)62)22-15-7-6-8-16-24-38(61)56-41(31(4)60)48(67)55-36(26-34-27-51-28-52-34)45(64)58-42(39(32-18-11-9-12-19-32)33-20-13-10-14-21-33)49(68)59-25-17-23-37(59)46(65)53-30(3)44(63)57-40/h6-7,9-14,18-21,27-31,35-37,39-42,60H,5,8,15-17,22-26H2,1-4H3,(H2,50,62)(H,51,52)(H,53,65)(H,54,66)(H,55,67)(H,56,61)(H,57,63)(H,58,64)/b7-6-/t29-,30-,31+,35-,36-,37-,40-,41-,42?/m0/s1. The summed E-state index contributed by atoms with van der Waals surface area (Å²) in [6.07, 6.45) is 7.42. The van der Waals surface area contributed by atoms with E-state index in [1.165, 1.54) is 31.3 Å². The molecule has 0 spiro atoms. The molecule has 19 heteroatoms. The Kier molecular flexibility index (Phi) is 19.4. The lowest BCUT2D eigenvalue weighted by molar-refractivity contribution is -0.143. The van der Waals surface area contributed by atoms with Crippen molar-refractivity contribution in [3.05, 3.63) is 102 Å². The van der Waals surface area contributed by atoms with Gasteiger partial charge >= 0.3 is 0 Å². The van der Waals surface area contributed by atoms with E-state index in [0.717, 1.165) is 0 Å². The number of nitrogens with two attached hydrogens (primary N) is 1. The Morgan fingerprint density at radius 3 is 1.99 bits per heavy atom. The minimum atomic E-state index is -1.46. The van der Waals surface area contributed by atoms with Crippen molar-refractivity contribution in [3.8, 4) is 0 Å². The Labute approximate surface area is 396 Å². The minimum Gasteiger partial charge on any atom is -0.391 e. The number of nitrogens with one attached hydrogen (secondary N) is 7. The zero-order valence-electron chi connectivity index (χ0n) is 39.1. The number of imidazole rings is 1. The molecule has 3 heterocycles. The molecule has 2 aliphatic heterocycles. The number of aliphatic hydroxyl groups is 1. The fourth-order valence-electron chi connectivity index (χ4n) is 8.44. The maximum Gasteiger partial charge on any atom is 0.246 e. The van der Waals surface area contributed by atoms with E-state index in [-0.39, 0.29) is 38.1 Å². The molecule has 19 nitrogen and oxygen atoms in total. The molecular formula is C49H66N10O9. The molecule has 9 atom stereocenters. The molecule has 1 fully saturated rings. The van der Waals surface area contributed by atoms with Crippen molar-refractivity contribution in [2.24, 2.45) is 11.7 Å². The Morgan fingerprint density at radius 1 is 0.750 bits per heavy atom. The number of hydrogen-bond acceptors (Lipinski definition) is 10. The molecule has 0 aliphatic carbocycles. The largest absolute Gasteiger partial charge is 0.391 e. The number of amides is 8. The molecule has 2 aliphatic rings. The SMILES string of the molecule is CC[C@H](C)[C@@H]1NC(=O)[C@H](C)NC(=O)[C@@H]2CCCN2C(=O)C(C(c2ccccc2)c2ccccc2)NC(=O)[C@H](Cc2cnc[nH]2)NC(=O)[C@H]([C@@H](C)O)NC(=O)CCC/C=C\CC[C@@H](C(N)=O)NC1=O. The highest BCUT2D eigenvalue weighted by Crippen LogP contribution is 2.31. The second-order valence-corrected chi connectivity index (χ2v) is 17.6. The number of aromatic nitrogens is 2. The van der Waals surface area contributed by atoms with Crippen molar-refractivity contribution in [3.63, 3.8) is 0 Å². The molecule has 2 aromatic carbocycles. The quantitative estimate of drug-likeness (QED) is 0.138. The number of aliphatic hydroxyl groups excluding tert-OH is 1. The average Bonchev–Trinajstić information content (AvgIpc) is 4.04. The van der Waals surface area contributed by atoms with Crippen LogP contribution in [0.15, 0.2) is 85.3 Å². The van der Waals surface area contributed by atoms with Gasteiger partial charge in [-0.25, -0.2) is 4.98 Å². The van der Waals surface area contributed by atoms with Gasteiger partial charge in [0.2, 0.25) is 47.3 Å². The Balaban J connectivity index is 1.54. The lowest BCUT2D eigenvalue weighted by atomic mass is 9.84. The monoisotopic (exact) mass is 939 g/mol. The molecule has 1 saturated heterocycles. The van der Waals surface area contributed by atoms with Crippen LogP contribution in [0.4, 0.5) is 0 Å². The second kappa shape index (κ2) is 25.3. The summed E-state index contributed by atoms with van der Waals surface area (Å²) >= 11 is 0. The summed E-state index contributed by atoms with van der Waals surface area (Å²) in [6, 6.07) is 9.56. The first-order chi connectivity index (χ1) is 32.6. The van der Waals surface area contributed by atoms with Crippen molar-refractivity contribution < 1.29 is 43.5 Å². The third kappa shape index (κ3) is 14.3. The number of benzene rings is 2. The van der Waals surface area contributed by atoms with Gasteiger partial charge in [-0.2, -0.15) is 0 Å². The van der Waals surface area contributed by atoms with Gasteiger partial charge in [-0.3, -0.25) is 38.4 Å². The van der Waals surface area contributed by atoms with Crippen LogP contribution in [0.1, 0.15) is 102 Å². The number of allylic oxidation sites excluding steroid dienone is 2. The number of hydrogen-bond donors (Lipinski definition) is 9. The molecule has 1 unspecified atom stereocenters. The van der Waals surface area contributed by atoms with E-state index in [1.54, 1.807) is 43.3 Å². The maximum atomic E-state index is 15.3. The summed E-state index contributed by atoms with van der Waals surface area (Å²) in [5, 5.41) is 27.1. The molecule has 366 valence electrons. The molecule has 3 aromatic rings. The lowest BCUT2D eigenvalue weighted by Crippen LogP contribution is -2.61. The van der Waals surface area contributed by atoms with Crippen LogP contribution >= 0.6 is 0 Å². The minimum absolute atomic E-state index is 0.0140. The van der Waals surface area contributed by atoms with Crippen LogP contribution in [0.3, 0.4) is 0 Å². The van der Waals surface area contributed by atoms with E-state index < -0.39 is 102 Å². The summed E-state index contributed by atoms with van der Waals surface area (Å²) < 4.78 is 0. The number of carbonyl (C=O) groups is 8. The van der Waals surface area contributed by atoms with Gasteiger partial charge in [-0.05, 0) is 69.4 Å². The highest BCUT2D eigenvalue weighted by molar-refractivity contribution is 5.98. The third-order valence-electron chi connectivity index (χ3n) is 12.5. The lowest BCUT2D eigenvalue weighted by Gasteiger charge is -2.35.